The third-order valence-electron chi connectivity index (χ3n) is 3.28. The Hall–Kier alpha value is -0.520. The Labute approximate surface area is 116 Å². The quantitative estimate of drug-likeness (QED) is 0.248. The van der Waals surface area contributed by atoms with E-state index in [1.807, 2.05) is 0 Å². The molecule has 0 heterocycles. The maximum atomic E-state index is 2.39. The Morgan fingerprint density at radius 2 is 0.944 bits per heavy atom. The van der Waals surface area contributed by atoms with Gasteiger partial charge in [0.15, 0.2) is 0 Å². The number of rotatable bonds is 13. The van der Waals surface area contributed by atoms with Crippen molar-refractivity contribution in [3.63, 3.8) is 0 Å². The molecule has 0 aromatic rings. The van der Waals surface area contributed by atoms with Crippen LogP contribution in [0.5, 0.6) is 0 Å². The third-order valence-corrected chi connectivity index (χ3v) is 3.28. The van der Waals surface area contributed by atoms with Gasteiger partial charge < -0.3 is 0 Å². The fraction of sp³-hybridized carbons (Fsp3) is 0.778. The molecular weight excluding hydrogens is 216 g/mol. The first kappa shape index (κ1) is 17.5. The van der Waals surface area contributed by atoms with Gasteiger partial charge >= 0.3 is 0 Å². The third kappa shape index (κ3) is 15.5. The van der Waals surface area contributed by atoms with Crippen LogP contribution in [-0.4, -0.2) is 0 Å². The molecular formula is C18H34. The van der Waals surface area contributed by atoms with Crippen LogP contribution in [0.1, 0.15) is 90.9 Å². The van der Waals surface area contributed by atoms with E-state index in [2.05, 4.69) is 38.2 Å². The molecule has 0 aliphatic rings. The molecule has 18 heavy (non-hydrogen) atoms. The summed E-state index contributed by atoms with van der Waals surface area (Å²) in [6, 6.07) is 0. The van der Waals surface area contributed by atoms with Gasteiger partial charge in [-0.3, -0.25) is 0 Å². The molecule has 106 valence electrons. The largest absolute Gasteiger partial charge is 0.0888 e. The van der Waals surface area contributed by atoms with Crippen LogP contribution < -0.4 is 0 Å². The average Bonchev–Trinajstić information content (AvgIpc) is 2.39. The molecule has 0 spiro atoms. The van der Waals surface area contributed by atoms with Crippen molar-refractivity contribution in [2.45, 2.75) is 90.9 Å². The van der Waals surface area contributed by atoms with Crippen molar-refractivity contribution in [2.75, 3.05) is 0 Å². The highest BCUT2D eigenvalue weighted by Gasteiger charge is 1.87. The van der Waals surface area contributed by atoms with Crippen LogP contribution in [0, 0.1) is 0 Å². The molecule has 0 aliphatic heterocycles. The maximum absolute atomic E-state index is 2.39. The molecule has 0 heteroatoms. The van der Waals surface area contributed by atoms with Gasteiger partial charge in [0, 0.05) is 0 Å². The smallest absolute Gasteiger partial charge is 0.0351 e. The van der Waals surface area contributed by atoms with Crippen LogP contribution >= 0.6 is 0 Å². The monoisotopic (exact) mass is 250 g/mol. The lowest BCUT2D eigenvalue weighted by Crippen LogP contribution is -1.77. The number of unbranched alkanes of at least 4 members (excludes halogenated alkanes) is 9. The molecule has 0 N–H and O–H groups in total. The second-order valence-electron chi connectivity index (χ2n) is 5.19. The molecule has 0 nitrogen and oxygen atoms in total. The standard InChI is InChI=1S/C18H34/c1-3-5-7-9-11-13-15-17-18-16-14-12-10-8-6-4-2/h5,7,16,18H,3-4,6,8-15,17H2,1-2H3/b7-5+,18-16+. The highest BCUT2D eigenvalue weighted by atomic mass is 13.9. The fourth-order valence-corrected chi connectivity index (χ4v) is 2.09. The molecule has 0 bridgehead atoms. The molecule has 0 saturated heterocycles. The zero-order valence-electron chi connectivity index (χ0n) is 12.8. The zero-order valence-corrected chi connectivity index (χ0v) is 12.8. The van der Waals surface area contributed by atoms with E-state index in [4.69, 9.17) is 0 Å². The van der Waals surface area contributed by atoms with E-state index in [1.165, 1.54) is 77.0 Å². The van der Waals surface area contributed by atoms with Crippen LogP contribution in [0.25, 0.3) is 0 Å². The summed E-state index contributed by atoms with van der Waals surface area (Å²) in [6.07, 6.45) is 25.5. The van der Waals surface area contributed by atoms with E-state index in [-0.39, 0.29) is 0 Å². The molecule has 0 atom stereocenters. The molecule has 0 aliphatic carbocycles. The fourth-order valence-electron chi connectivity index (χ4n) is 2.09. The lowest BCUT2D eigenvalue weighted by atomic mass is 10.1. The minimum absolute atomic E-state index is 1.18. The van der Waals surface area contributed by atoms with Crippen LogP contribution in [0.3, 0.4) is 0 Å². The average molecular weight is 250 g/mol. The highest BCUT2D eigenvalue weighted by molar-refractivity contribution is 4.82. The Bertz CT molecular complexity index is 188. The summed E-state index contributed by atoms with van der Waals surface area (Å²) >= 11 is 0. The summed E-state index contributed by atoms with van der Waals surface area (Å²) in [6.45, 7) is 4.47. The maximum Gasteiger partial charge on any atom is -0.0351 e. The van der Waals surface area contributed by atoms with Gasteiger partial charge in [0.05, 0.1) is 0 Å². The Morgan fingerprint density at radius 1 is 0.500 bits per heavy atom. The highest BCUT2D eigenvalue weighted by Crippen LogP contribution is 2.07. The van der Waals surface area contributed by atoms with Gasteiger partial charge in [0.25, 0.3) is 0 Å². The minimum Gasteiger partial charge on any atom is -0.0888 e. The van der Waals surface area contributed by atoms with Crippen LogP contribution in [0.2, 0.25) is 0 Å². The second kappa shape index (κ2) is 16.5. The molecule has 0 aromatic carbocycles. The number of hydrogen-bond donors (Lipinski definition) is 0. The molecule has 0 saturated carbocycles. The van der Waals surface area contributed by atoms with E-state index in [1.54, 1.807) is 0 Å². The number of hydrogen-bond acceptors (Lipinski definition) is 0. The van der Waals surface area contributed by atoms with Gasteiger partial charge in [-0.2, -0.15) is 0 Å². The molecule has 0 rings (SSSR count). The van der Waals surface area contributed by atoms with Crippen LogP contribution in [-0.2, 0) is 0 Å². The first-order valence-electron chi connectivity index (χ1n) is 8.21. The minimum atomic E-state index is 1.18. The van der Waals surface area contributed by atoms with E-state index < -0.39 is 0 Å². The first-order chi connectivity index (χ1) is 8.91. The summed E-state index contributed by atoms with van der Waals surface area (Å²) in [5.74, 6) is 0. The molecule has 0 radical (unpaired) electrons. The van der Waals surface area contributed by atoms with Crippen molar-refractivity contribution in [3.05, 3.63) is 24.3 Å². The van der Waals surface area contributed by atoms with Crippen LogP contribution in [0.15, 0.2) is 24.3 Å². The van der Waals surface area contributed by atoms with Gasteiger partial charge in [0.2, 0.25) is 0 Å². The van der Waals surface area contributed by atoms with Crippen molar-refractivity contribution in [1.82, 2.24) is 0 Å². The summed E-state index contributed by atoms with van der Waals surface area (Å²) < 4.78 is 0. The lowest BCUT2D eigenvalue weighted by Gasteiger charge is -1.97. The van der Waals surface area contributed by atoms with E-state index in [9.17, 15) is 0 Å². The summed E-state index contributed by atoms with van der Waals surface area (Å²) in [5, 5.41) is 0. The van der Waals surface area contributed by atoms with Crippen molar-refractivity contribution < 1.29 is 0 Å². The second-order valence-corrected chi connectivity index (χ2v) is 5.19. The van der Waals surface area contributed by atoms with E-state index >= 15 is 0 Å². The van der Waals surface area contributed by atoms with Gasteiger partial charge in [0.1, 0.15) is 0 Å². The predicted octanol–water partition coefficient (Wildman–Crippen LogP) is 6.82. The lowest BCUT2D eigenvalue weighted by molar-refractivity contribution is 0.636. The summed E-state index contributed by atoms with van der Waals surface area (Å²) in [4.78, 5) is 0. The van der Waals surface area contributed by atoms with Crippen molar-refractivity contribution >= 4 is 0 Å². The first-order valence-corrected chi connectivity index (χ1v) is 8.21. The van der Waals surface area contributed by atoms with E-state index in [0.717, 1.165) is 0 Å². The predicted molar refractivity (Wildman–Crippen MR) is 85.0 cm³/mol. The molecule has 0 fully saturated rings. The van der Waals surface area contributed by atoms with E-state index in [0.29, 0.717) is 0 Å². The van der Waals surface area contributed by atoms with Gasteiger partial charge in [-0.05, 0) is 44.9 Å². The summed E-state index contributed by atoms with van der Waals surface area (Å²) in [5.41, 5.74) is 0. The van der Waals surface area contributed by atoms with Crippen molar-refractivity contribution in [3.8, 4) is 0 Å². The molecule has 0 amide bonds. The van der Waals surface area contributed by atoms with Gasteiger partial charge in [-0.25, -0.2) is 0 Å². The summed E-state index contributed by atoms with van der Waals surface area (Å²) in [7, 11) is 0. The number of allylic oxidation sites excluding steroid dienone is 4. The van der Waals surface area contributed by atoms with Crippen molar-refractivity contribution in [1.29, 1.82) is 0 Å². The SMILES string of the molecule is CC/C=C/CCCCC/C=C/CCCCCCC. The Balaban J connectivity index is 3.06. The van der Waals surface area contributed by atoms with Gasteiger partial charge in [-0.15, -0.1) is 0 Å². The van der Waals surface area contributed by atoms with Crippen LogP contribution in [0.4, 0.5) is 0 Å². The Kier molecular flexibility index (Phi) is 16.0. The Morgan fingerprint density at radius 3 is 1.44 bits per heavy atom. The topological polar surface area (TPSA) is 0 Å². The normalized spacial score (nSPS) is 11.9. The molecule has 0 unspecified atom stereocenters. The van der Waals surface area contributed by atoms with Gasteiger partial charge in [-0.1, -0.05) is 70.3 Å². The zero-order chi connectivity index (χ0) is 13.3. The molecule has 0 aromatic heterocycles. The van der Waals surface area contributed by atoms with Crippen molar-refractivity contribution in [2.24, 2.45) is 0 Å².